The Labute approximate surface area is 104 Å². The van der Waals surface area contributed by atoms with Crippen molar-refractivity contribution >= 4 is 15.6 Å². The van der Waals surface area contributed by atoms with Gasteiger partial charge < -0.3 is 14.3 Å². The molecule has 18 heavy (non-hydrogen) atoms. The molecule has 0 aromatic heterocycles. The summed E-state index contributed by atoms with van der Waals surface area (Å²) in [5.41, 5.74) is 0. The highest BCUT2D eigenvalue weighted by atomic mass is 31.2. The third kappa shape index (κ3) is 11.8. The van der Waals surface area contributed by atoms with Gasteiger partial charge in [-0.05, 0) is 19.1 Å². The highest BCUT2D eigenvalue weighted by molar-refractivity contribution is 7.46. The molecular formula is C8H14O8P2. The quantitative estimate of drug-likeness (QED) is 0.611. The standard InChI is InChI=1S/C6H7O4P.C2H7O4P/c7-11(8,9)10-6-4-2-1-3-5-6;1-2-6-7(3,4)5/h1-5H,(H2,7,8,9);2H2,1H3,(H2,3,4,5). The number of para-hydroxylation sites is 1. The maximum atomic E-state index is 10.3. The number of phosphoric ester groups is 2. The Kier molecular flexibility index (Phi) is 7.35. The fourth-order valence-electron chi connectivity index (χ4n) is 0.787. The summed E-state index contributed by atoms with van der Waals surface area (Å²) in [4.78, 5) is 32.5. The first-order chi connectivity index (χ1) is 8.14. The van der Waals surface area contributed by atoms with Gasteiger partial charge in [-0.15, -0.1) is 0 Å². The maximum Gasteiger partial charge on any atom is 0.524 e. The van der Waals surface area contributed by atoms with E-state index in [4.69, 9.17) is 19.6 Å². The van der Waals surface area contributed by atoms with Crippen LogP contribution in [0.2, 0.25) is 0 Å². The number of rotatable bonds is 4. The van der Waals surface area contributed by atoms with Crippen molar-refractivity contribution in [1.29, 1.82) is 0 Å². The lowest BCUT2D eigenvalue weighted by atomic mass is 10.3. The van der Waals surface area contributed by atoms with Crippen molar-refractivity contribution in [3.05, 3.63) is 30.3 Å². The summed E-state index contributed by atoms with van der Waals surface area (Å²) in [6.07, 6.45) is 0. The first-order valence-corrected chi connectivity index (χ1v) is 7.70. The number of benzene rings is 1. The molecular weight excluding hydrogens is 286 g/mol. The van der Waals surface area contributed by atoms with Gasteiger partial charge in [0.25, 0.3) is 0 Å². The zero-order chi connectivity index (χ0) is 14.2. The molecule has 0 aliphatic carbocycles. The second-order valence-corrected chi connectivity index (χ2v) is 5.21. The normalized spacial score (nSPS) is 11.4. The first kappa shape index (κ1) is 17.3. The SMILES string of the molecule is CCOP(=O)(O)O.O=P(O)(O)Oc1ccccc1. The molecule has 10 heteroatoms. The third-order valence-corrected chi connectivity index (χ3v) is 2.31. The van der Waals surface area contributed by atoms with Crippen molar-refractivity contribution in [3.63, 3.8) is 0 Å². The van der Waals surface area contributed by atoms with E-state index in [1.807, 2.05) is 0 Å². The molecule has 0 bridgehead atoms. The van der Waals surface area contributed by atoms with Crippen molar-refractivity contribution in [2.45, 2.75) is 6.92 Å². The molecule has 0 saturated carbocycles. The van der Waals surface area contributed by atoms with Crippen LogP contribution in [-0.2, 0) is 13.7 Å². The lowest BCUT2D eigenvalue weighted by Crippen LogP contribution is -1.88. The van der Waals surface area contributed by atoms with Crippen LogP contribution in [0.15, 0.2) is 30.3 Å². The summed E-state index contributed by atoms with van der Waals surface area (Å²) < 4.78 is 28.1. The lowest BCUT2D eigenvalue weighted by molar-refractivity contribution is 0.206. The second-order valence-electron chi connectivity index (χ2n) is 2.80. The van der Waals surface area contributed by atoms with Crippen molar-refractivity contribution < 1.29 is 37.8 Å². The second kappa shape index (κ2) is 7.66. The molecule has 104 valence electrons. The Balaban J connectivity index is 0.000000360. The smallest absolute Gasteiger partial charge is 0.404 e. The van der Waals surface area contributed by atoms with Gasteiger partial charge in [-0.3, -0.25) is 14.3 Å². The fraction of sp³-hybridized carbons (Fsp3) is 0.250. The van der Waals surface area contributed by atoms with Crippen LogP contribution in [0.4, 0.5) is 0 Å². The molecule has 1 aromatic rings. The molecule has 0 atom stereocenters. The highest BCUT2D eigenvalue weighted by Gasteiger charge is 2.14. The predicted octanol–water partition coefficient (Wildman–Crippen LogP) is 1.27. The fourth-order valence-corrected chi connectivity index (χ4v) is 1.52. The summed E-state index contributed by atoms with van der Waals surface area (Å²) in [7, 11) is -8.55. The minimum atomic E-state index is -4.39. The van der Waals surface area contributed by atoms with Crippen molar-refractivity contribution in [2.24, 2.45) is 0 Å². The van der Waals surface area contributed by atoms with Crippen LogP contribution in [-0.4, -0.2) is 26.2 Å². The van der Waals surface area contributed by atoms with E-state index in [1.54, 1.807) is 18.2 Å². The van der Waals surface area contributed by atoms with Crippen LogP contribution < -0.4 is 4.52 Å². The summed E-state index contributed by atoms with van der Waals surface area (Å²) in [6.45, 7) is 1.56. The van der Waals surface area contributed by atoms with Gasteiger partial charge in [0.1, 0.15) is 5.75 Å². The van der Waals surface area contributed by atoms with Crippen LogP contribution in [0.1, 0.15) is 6.92 Å². The van der Waals surface area contributed by atoms with Crippen LogP contribution in [0.5, 0.6) is 5.75 Å². The predicted molar refractivity (Wildman–Crippen MR) is 62.8 cm³/mol. The molecule has 0 aliphatic rings. The van der Waals surface area contributed by atoms with Gasteiger partial charge in [-0.2, -0.15) is 0 Å². The molecule has 0 amide bonds. The van der Waals surface area contributed by atoms with E-state index in [2.05, 4.69) is 9.05 Å². The van der Waals surface area contributed by atoms with Gasteiger partial charge in [-0.1, -0.05) is 18.2 Å². The molecule has 0 unspecified atom stereocenters. The largest absolute Gasteiger partial charge is 0.524 e. The zero-order valence-corrected chi connectivity index (χ0v) is 11.2. The van der Waals surface area contributed by atoms with Crippen LogP contribution in [0, 0.1) is 0 Å². The van der Waals surface area contributed by atoms with Crippen LogP contribution in [0.3, 0.4) is 0 Å². The zero-order valence-electron chi connectivity index (χ0n) is 9.41. The molecule has 0 spiro atoms. The van der Waals surface area contributed by atoms with Crippen molar-refractivity contribution in [1.82, 2.24) is 0 Å². The van der Waals surface area contributed by atoms with Crippen LogP contribution >= 0.6 is 15.6 Å². The first-order valence-electron chi connectivity index (χ1n) is 4.64. The number of hydrogen-bond acceptors (Lipinski definition) is 4. The van der Waals surface area contributed by atoms with Gasteiger partial charge in [-0.25, -0.2) is 9.13 Å². The Hall–Kier alpha value is -0.720. The van der Waals surface area contributed by atoms with Gasteiger partial charge >= 0.3 is 15.6 Å². The maximum absolute atomic E-state index is 10.3. The molecule has 8 nitrogen and oxygen atoms in total. The summed E-state index contributed by atoms with van der Waals surface area (Å²) >= 11 is 0. The number of hydrogen-bond donors (Lipinski definition) is 4. The van der Waals surface area contributed by atoms with Gasteiger partial charge in [0.2, 0.25) is 0 Å². The van der Waals surface area contributed by atoms with Crippen LogP contribution in [0.25, 0.3) is 0 Å². The Morgan fingerprint density at radius 1 is 1.00 bits per heavy atom. The molecule has 0 saturated heterocycles. The Morgan fingerprint density at radius 3 is 1.78 bits per heavy atom. The van der Waals surface area contributed by atoms with E-state index in [-0.39, 0.29) is 12.4 Å². The molecule has 1 aromatic carbocycles. The molecule has 0 radical (unpaired) electrons. The van der Waals surface area contributed by atoms with Gasteiger partial charge in [0.05, 0.1) is 6.61 Å². The molecule has 0 heterocycles. The van der Waals surface area contributed by atoms with E-state index in [0.29, 0.717) is 0 Å². The monoisotopic (exact) mass is 300 g/mol. The minimum Gasteiger partial charge on any atom is -0.404 e. The van der Waals surface area contributed by atoms with Gasteiger partial charge in [0.15, 0.2) is 0 Å². The van der Waals surface area contributed by atoms with Gasteiger partial charge in [0, 0.05) is 0 Å². The van der Waals surface area contributed by atoms with E-state index in [1.165, 1.54) is 19.1 Å². The van der Waals surface area contributed by atoms with E-state index in [0.717, 1.165) is 0 Å². The van der Waals surface area contributed by atoms with Crippen molar-refractivity contribution in [2.75, 3.05) is 6.61 Å². The summed E-state index contributed by atoms with van der Waals surface area (Å²) in [5, 5.41) is 0. The lowest BCUT2D eigenvalue weighted by Gasteiger charge is -2.04. The minimum absolute atomic E-state index is 0.0459. The summed E-state index contributed by atoms with van der Waals surface area (Å²) in [6, 6.07) is 7.93. The third-order valence-electron chi connectivity index (χ3n) is 1.26. The van der Waals surface area contributed by atoms with E-state index in [9.17, 15) is 9.13 Å². The summed E-state index contributed by atoms with van der Waals surface area (Å²) in [5.74, 6) is 0.167. The number of phosphoric acid groups is 2. The Bertz CT molecular complexity index is 422. The molecule has 4 N–H and O–H groups in total. The average Bonchev–Trinajstić information content (AvgIpc) is 2.15. The van der Waals surface area contributed by atoms with Crippen molar-refractivity contribution in [3.8, 4) is 5.75 Å². The Morgan fingerprint density at radius 2 is 1.50 bits per heavy atom. The molecule has 1 rings (SSSR count). The van der Waals surface area contributed by atoms with E-state index < -0.39 is 15.6 Å². The topological polar surface area (TPSA) is 134 Å². The molecule has 0 fully saturated rings. The molecule has 0 aliphatic heterocycles. The highest BCUT2D eigenvalue weighted by Crippen LogP contribution is 2.37. The average molecular weight is 300 g/mol. The van der Waals surface area contributed by atoms with E-state index >= 15 is 0 Å².